The van der Waals surface area contributed by atoms with E-state index in [-0.39, 0.29) is 0 Å². The molecule has 0 spiro atoms. The summed E-state index contributed by atoms with van der Waals surface area (Å²) in [4.78, 5) is 12.1. The minimum absolute atomic E-state index is 0.358. The second kappa shape index (κ2) is 6.59. The van der Waals surface area contributed by atoms with Crippen LogP contribution < -0.4 is 4.74 Å². The molecule has 0 saturated heterocycles. The topological polar surface area (TPSA) is 50.1 Å². The van der Waals surface area contributed by atoms with Gasteiger partial charge in [0.15, 0.2) is 0 Å². The molecule has 0 radical (unpaired) electrons. The first-order valence-electron chi connectivity index (χ1n) is 7.14. The van der Waals surface area contributed by atoms with E-state index < -0.39 is 5.97 Å². The zero-order valence-corrected chi connectivity index (χ0v) is 12.3. The summed E-state index contributed by atoms with van der Waals surface area (Å²) in [5.41, 5.74) is 2.94. The second-order valence-corrected chi connectivity index (χ2v) is 4.97. The van der Waals surface area contributed by atoms with Crippen LogP contribution in [0.3, 0.4) is 0 Å². The Morgan fingerprint density at radius 2 is 1.52 bits per heavy atom. The maximum absolute atomic E-state index is 12.1. The summed E-state index contributed by atoms with van der Waals surface area (Å²) in [5, 5.41) is 8.87. The summed E-state index contributed by atoms with van der Waals surface area (Å²) in [6.45, 7) is 0. The summed E-state index contributed by atoms with van der Waals surface area (Å²) in [6, 6.07) is 25.7. The zero-order valence-electron chi connectivity index (χ0n) is 12.3. The van der Waals surface area contributed by atoms with Crippen LogP contribution in [-0.4, -0.2) is 5.97 Å². The number of esters is 1. The van der Waals surface area contributed by atoms with Crippen molar-refractivity contribution in [3.8, 4) is 22.9 Å². The number of ether oxygens (including phenoxy) is 1. The van der Waals surface area contributed by atoms with Gasteiger partial charge in [0.2, 0.25) is 0 Å². The number of nitrogens with zero attached hydrogens (tertiary/aromatic N) is 1. The quantitative estimate of drug-likeness (QED) is 0.530. The molecule has 0 fully saturated rings. The first-order chi connectivity index (χ1) is 11.3. The van der Waals surface area contributed by atoms with Crippen molar-refractivity contribution in [3.05, 3.63) is 90.0 Å². The maximum atomic E-state index is 12.1. The van der Waals surface area contributed by atoms with E-state index in [1.807, 2.05) is 48.5 Å². The predicted octanol–water partition coefficient (Wildman–Crippen LogP) is 4.44. The van der Waals surface area contributed by atoms with Crippen LogP contribution in [0.5, 0.6) is 5.75 Å². The van der Waals surface area contributed by atoms with Crippen molar-refractivity contribution in [2.24, 2.45) is 0 Å². The van der Waals surface area contributed by atoms with Gasteiger partial charge < -0.3 is 4.74 Å². The number of nitriles is 1. The Labute approximate surface area is 134 Å². The molecule has 3 nitrogen and oxygen atoms in total. The molecule has 0 aliphatic carbocycles. The number of rotatable bonds is 3. The molecule has 0 aliphatic heterocycles. The van der Waals surface area contributed by atoms with Crippen LogP contribution >= 0.6 is 0 Å². The molecule has 3 rings (SSSR count). The zero-order chi connectivity index (χ0) is 16.1. The van der Waals surface area contributed by atoms with Crippen molar-refractivity contribution in [2.45, 2.75) is 0 Å². The summed E-state index contributed by atoms with van der Waals surface area (Å²) >= 11 is 0. The Morgan fingerprint density at radius 1 is 0.826 bits per heavy atom. The van der Waals surface area contributed by atoms with E-state index in [0.717, 1.165) is 11.1 Å². The van der Waals surface area contributed by atoms with Crippen molar-refractivity contribution in [2.75, 3.05) is 0 Å². The normalized spacial score (nSPS) is 9.87. The predicted molar refractivity (Wildman–Crippen MR) is 88.0 cm³/mol. The molecule has 0 aliphatic rings. The summed E-state index contributed by atoms with van der Waals surface area (Å²) in [6.07, 6.45) is 0. The average molecular weight is 299 g/mol. The fraction of sp³-hybridized carbons (Fsp3) is 0. The van der Waals surface area contributed by atoms with Gasteiger partial charge in [0.05, 0.1) is 17.2 Å². The lowest BCUT2D eigenvalue weighted by molar-refractivity contribution is 0.0734. The SMILES string of the molecule is N#Cc1cccc(C(=O)Oc2ccc(-c3ccccc3)cc2)c1. The average Bonchev–Trinajstić information content (AvgIpc) is 2.63. The van der Waals surface area contributed by atoms with Crippen LogP contribution in [0, 0.1) is 11.3 Å². The lowest BCUT2D eigenvalue weighted by Gasteiger charge is -2.06. The van der Waals surface area contributed by atoms with Crippen LogP contribution in [0.2, 0.25) is 0 Å². The summed E-state index contributed by atoms with van der Waals surface area (Å²) in [7, 11) is 0. The van der Waals surface area contributed by atoms with Gasteiger partial charge in [0, 0.05) is 0 Å². The fourth-order valence-corrected chi connectivity index (χ4v) is 2.23. The monoisotopic (exact) mass is 299 g/mol. The Balaban J connectivity index is 1.76. The van der Waals surface area contributed by atoms with Crippen molar-refractivity contribution < 1.29 is 9.53 Å². The van der Waals surface area contributed by atoms with Gasteiger partial charge in [-0.3, -0.25) is 0 Å². The van der Waals surface area contributed by atoms with Crippen molar-refractivity contribution in [1.29, 1.82) is 5.26 Å². The highest BCUT2D eigenvalue weighted by molar-refractivity contribution is 5.91. The molecule has 3 aromatic carbocycles. The minimum atomic E-state index is -0.477. The van der Waals surface area contributed by atoms with Crippen LogP contribution in [0.25, 0.3) is 11.1 Å². The van der Waals surface area contributed by atoms with Gasteiger partial charge in [-0.1, -0.05) is 48.5 Å². The number of carbonyl (C=O) groups is 1. The highest BCUT2D eigenvalue weighted by Crippen LogP contribution is 2.22. The Morgan fingerprint density at radius 3 is 2.22 bits per heavy atom. The Bertz CT molecular complexity index is 862. The number of benzene rings is 3. The van der Waals surface area contributed by atoms with Gasteiger partial charge in [-0.15, -0.1) is 0 Å². The lowest BCUT2D eigenvalue weighted by atomic mass is 10.1. The van der Waals surface area contributed by atoms with Crippen LogP contribution in [0.15, 0.2) is 78.9 Å². The second-order valence-electron chi connectivity index (χ2n) is 4.97. The molecule has 23 heavy (non-hydrogen) atoms. The molecule has 110 valence electrons. The molecule has 0 amide bonds. The Kier molecular flexibility index (Phi) is 4.17. The highest BCUT2D eigenvalue weighted by atomic mass is 16.5. The largest absolute Gasteiger partial charge is 0.423 e. The maximum Gasteiger partial charge on any atom is 0.343 e. The van der Waals surface area contributed by atoms with Crippen molar-refractivity contribution in [1.82, 2.24) is 0 Å². The molecule has 0 N–H and O–H groups in total. The molecule has 0 saturated carbocycles. The molecule has 0 unspecified atom stereocenters. The molecule has 3 heteroatoms. The number of hydrogen-bond donors (Lipinski definition) is 0. The Hall–Kier alpha value is -3.38. The van der Waals surface area contributed by atoms with E-state index in [4.69, 9.17) is 10.00 Å². The van der Waals surface area contributed by atoms with Gasteiger partial charge in [-0.05, 0) is 41.5 Å². The smallest absolute Gasteiger partial charge is 0.343 e. The first-order valence-corrected chi connectivity index (χ1v) is 7.14. The van der Waals surface area contributed by atoms with Crippen molar-refractivity contribution in [3.63, 3.8) is 0 Å². The lowest BCUT2D eigenvalue weighted by Crippen LogP contribution is -2.08. The first kappa shape index (κ1) is 14.6. The standard InChI is InChI=1S/C20H13NO2/c21-14-15-5-4-8-18(13-15)20(22)23-19-11-9-17(10-12-19)16-6-2-1-3-7-16/h1-13H. The minimum Gasteiger partial charge on any atom is -0.423 e. The van der Waals surface area contributed by atoms with Crippen LogP contribution in [0.4, 0.5) is 0 Å². The molecule has 0 atom stereocenters. The summed E-state index contributed by atoms with van der Waals surface area (Å²) < 4.78 is 5.34. The molecular formula is C20H13NO2. The molecule has 3 aromatic rings. The third-order valence-corrected chi connectivity index (χ3v) is 3.40. The van der Waals surface area contributed by atoms with E-state index >= 15 is 0 Å². The van der Waals surface area contributed by atoms with Gasteiger partial charge in [0.1, 0.15) is 5.75 Å². The van der Waals surface area contributed by atoms with E-state index in [1.54, 1.807) is 30.3 Å². The van der Waals surface area contributed by atoms with Gasteiger partial charge in [-0.2, -0.15) is 5.26 Å². The molecule has 0 heterocycles. The molecule has 0 bridgehead atoms. The number of carbonyl (C=O) groups excluding carboxylic acids is 1. The van der Waals surface area contributed by atoms with E-state index in [9.17, 15) is 4.79 Å². The molecule has 0 aromatic heterocycles. The third-order valence-electron chi connectivity index (χ3n) is 3.40. The van der Waals surface area contributed by atoms with Gasteiger partial charge in [0.25, 0.3) is 0 Å². The van der Waals surface area contributed by atoms with E-state index in [2.05, 4.69) is 0 Å². The van der Waals surface area contributed by atoms with E-state index in [1.165, 1.54) is 6.07 Å². The highest BCUT2D eigenvalue weighted by Gasteiger charge is 2.09. The van der Waals surface area contributed by atoms with Gasteiger partial charge in [-0.25, -0.2) is 4.79 Å². The fourth-order valence-electron chi connectivity index (χ4n) is 2.23. The van der Waals surface area contributed by atoms with Crippen LogP contribution in [-0.2, 0) is 0 Å². The van der Waals surface area contributed by atoms with E-state index in [0.29, 0.717) is 16.9 Å². The summed E-state index contributed by atoms with van der Waals surface area (Å²) in [5.74, 6) is -0.00778. The van der Waals surface area contributed by atoms with Crippen LogP contribution in [0.1, 0.15) is 15.9 Å². The third kappa shape index (κ3) is 3.45. The van der Waals surface area contributed by atoms with Gasteiger partial charge >= 0.3 is 5.97 Å². The molecular weight excluding hydrogens is 286 g/mol. The number of hydrogen-bond acceptors (Lipinski definition) is 3. The van der Waals surface area contributed by atoms with Crippen molar-refractivity contribution >= 4 is 5.97 Å².